The molecule has 12 heavy (non-hydrogen) atoms. The zero-order valence-electron chi connectivity index (χ0n) is 6.77. The molecule has 0 fully saturated rings. The molecule has 5 heteroatoms. The van der Waals surface area contributed by atoms with E-state index < -0.39 is 7.12 Å². The molecule has 2 N–H and O–H groups in total. The number of ether oxygens (including phenoxy) is 1. The van der Waals surface area contributed by atoms with Crippen LogP contribution in [-0.2, 0) is 0 Å². The smallest absolute Gasteiger partial charge is 0.478 e. The van der Waals surface area contributed by atoms with Crippen molar-refractivity contribution >= 4 is 12.6 Å². The summed E-state index contributed by atoms with van der Waals surface area (Å²) in [5, 5.41) is 17.6. The van der Waals surface area contributed by atoms with Crippen molar-refractivity contribution in [1.29, 1.82) is 0 Å². The first kappa shape index (κ1) is 9.03. The van der Waals surface area contributed by atoms with Crippen molar-refractivity contribution in [2.24, 2.45) is 0 Å². The highest BCUT2D eigenvalue weighted by Crippen LogP contribution is 2.01. The second-order valence-electron chi connectivity index (χ2n) is 2.23. The second-order valence-corrected chi connectivity index (χ2v) is 2.23. The predicted octanol–water partition coefficient (Wildman–Crippen LogP) is -0.840. The molecule has 0 bridgehead atoms. The molecule has 0 aliphatic rings. The number of hydrogen-bond acceptors (Lipinski definition) is 4. The van der Waals surface area contributed by atoms with E-state index in [1.165, 1.54) is 18.3 Å². The number of aromatic nitrogens is 1. The largest absolute Gasteiger partial charge is 0.488 e. The van der Waals surface area contributed by atoms with Gasteiger partial charge in [-0.2, -0.15) is 0 Å². The van der Waals surface area contributed by atoms with E-state index in [4.69, 9.17) is 14.8 Å². The van der Waals surface area contributed by atoms with E-state index in [1.807, 2.05) is 6.92 Å². The van der Waals surface area contributed by atoms with E-state index >= 15 is 0 Å². The fourth-order valence-corrected chi connectivity index (χ4v) is 0.812. The molecule has 0 saturated heterocycles. The van der Waals surface area contributed by atoms with Crippen molar-refractivity contribution in [3.05, 3.63) is 18.3 Å². The molecule has 0 radical (unpaired) electrons. The molecule has 64 valence electrons. The maximum Gasteiger partial charge on any atom is 0.488 e. The maximum absolute atomic E-state index is 8.79. The summed E-state index contributed by atoms with van der Waals surface area (Å²) in [6, 6.07) is 3.02. The lowest BCUT2D eigenvalue weighted by Gasteiger charge is -2.03. The Bertz CT molecular complexity index is 254. The van der Waals surface area contributed by atoms with Crippen molar-refractivity contribution in [2.45, 2.75) is 6.92 Å². The number of pyridine rings is 1. The third kappa shape index (κ3) is 2.22. The average Bonchev–Trinajstić information content (AvgIpc) is 2.05. The molecule has 0 spiro atoms. The van der Waals surface area contributed by atoms with Gasteiger partial charge in [0.25, 0.3) is 0 Å². The summed E-state index contributed by atoms with van der Waals surface area (Å²) in [6.45, 7) is 2.35. The fraction of sp³-hybridized carbons (Fsp3) is 0.286. The van der Waals surface area contributed by atoms with Crippen LogP contribution < -0.4 is 10.2 Å². The van der Waals surface area contributed by atoms with Gasteiger partial charge in [0, 0.05) is 12.3 Å². The Labute approximate surface area is 71.0 Å². The van der Waals surface area contributed by atoms with E-state index in [9.17, 15) is 0 Å². The zero-order chi connectivity index (χ0) is 8.97. The molecular formula is C7H10BNO3. The van der Waals surface area contributed by atoms with Gasteiger partial charge in [-0.05, 0) is 18.5 Å². The Kier molecular flexibility index (Phi) is 3.07. The lowest BCUT2D eigenvalue weighted by molar-refractivity contribution is 0.327. The molecule has 0 saturated carbocycles. The number of hydrogen-bond donors (Lipinski definition) is 2. The van der Waals surface area contributed by atoms with Crippen LogP contribution >= 0.6 is 0 Å². The minimum absolute atomic E-state index is 0.383. The van der Waals surface area contributed by atoms with Gasteiger partial charge in [0.05, 0.1) is 6.61 Å². The Morgan fingerprint density at radius 1 is 1.58 bits per heavy atom. The van der Waals surface area contributed by atoms with E-state index in [1.54, 1.807) is 0 Å². The molecule has 4 nitrogen and oxygen atoms in total. The summed E-state index contributed by atoms with van der Waals surface area (Å²) in [7, 11) is -1.47. The Morgan fingerprint density at radius 2 is 2.33 bits per heavy atom. The van der Waals surface area contributed by atoms with Gasteiger partial charge in [-0.15, -0.1) is 0 Å². The van der Waals surface area contributed by atoms with Gasteiger partial charge in [-0.3, -0.25) is 0 Å². The van der Waals surface area contributed by atoms with Crippen molar-refractivity contribution < 1.29 is 14.8 Å². The highest BCUT2D eigenvalue weighted by atomic mass is 16.5. The van der Waals surface area contributed by atoms with Gasteiger partial charge in [-0.1, -0.05) is 0 Å². The lowest BCUT2D eigenvalue weighted by Crippen LogP contribution is -2.29. The summed E-state index contributed by atoms with van der Waals surface area (Å²) in [4.78, 5) is 3.87. The highest BCUT2D eigenvalue weighted by Gasteiger charge is 2.11. The van der Waals surface area contributed by atoms with E-state index in [0.29, 0.717) is 17.9 Å². The monoisotopic (exact) mass is 167 g/mol. The molecule has 0 aromatic carbocycles. The van der Waals surface area contributed by atoms with Gasteiger partial charge in [0.2, 0.25) is 5.88 Å². The van der Waals surface area contributed by atoms with E-state index in [-0.39, 0.29) is 0 Å². The van der Waals surface area contributed by atoms with Gasteiger partial charge in [-0.25, -0.2) is 4.98 Å². The highest BCUT2D eigenvalue weighted by molar-refractivity contribution is 6.58. The predicted molar refractivity (Wildman–Crippen MR) is 45.2 cm³/mol. The molecule has 0 atom stereocenters. The molecule has 0 aliphatic carbocycles. The van der Waals surface area contributed by atoms with E-state index in [0.717, 1.165) is 0 Å². The van der Waals surface area contributed by atoms with Gasteiger partial charge >= 0.3 is 7.12 Å². The molecule has 0 amide bonds. The minimum Gasteiger partial charge on any atom is -0.478 e. The lowest BCUT2D eigenvalue weighted by atomic mass is 9.81. The summed E-state index contributed by atoms with van der Waals surface area (Å²) in [5.41, 5.74) is 0.383. The molecule has 0 unspecified atom stereocenters. The van der Waals surface area contributed by atoms with Gasteiger partial charge < -0.3 is 14.8 Å². The van der Waals surface area contributed by atoms with Crippen molar-refractivity contribution in [2.75, 3.05) is 6.61 Å². The van der Waals surface area contributed by atoms with Crippen molar-refractivity contribution in [3.8, 4) is 5.88 Å². The van der Waals surface area contributed by atoms with Crippen LogP contribution in [0.5, 0.6) is 5.88 Å². The molecular weight excluding hydrogens is 157 g/mol. The minimum atomic E-state index is -1.47. The van der Waals surface area contributed by atoms with Crippen LogP contribution in [0, 0.1) is 0 Å². The Morgan fingerprint density at radius 3 is 2.92 bits per heavy atom. The van der Waals surface area contributed by atoms with Gasteiger partial charge in [0.1, 0.15) is 0 Å². The van der Waals surface area contributed by atoms with Crippen LogP contribution in [0.2, 0.25) is 0 Å². The van der Waals surface area contributed by atoms with Crippen LogP contribution in [0.15, 0.2) is 18.3 Å². The summed E-state index contributed by atoms with van der Waals surface area (Å²) in [5.74, 6) is 0.406. The summed E-state index contributed by atoms with van der Waals surface area (Å²) < 4.78 is 5.06. The molecule has 1 aromatic heterocycles. The third-order valence-corrected chi connectivity index (χ3v) is 1.35. The number of nitrogens with zero attached hydrogens (tertiary/aromatic N) is 1. The van der Waals surface area contributed by atoms with Crippen molar-refractivity contribution in [1.82, 2.24) is 4.98 Å². The maximum atomic E-state index is 8.79. The average molecular weight is 167 g/mol. The topological polar surface area (TPSA) is 62.6 Å². The first-order valence-corrected chi connectivity index (χ1v) is 3.69. The molecule has 1 aromatic rings. The quantitative estimate of drug-likeness (QED) is 0.576. The summed E-state index contributed by atoms with van der Waals surface area (Å²) in [6.07, 6.45) is 1.47. The van der Waals surface area contributed by atoms with Crippen LogP contribution in [0.4, 0.5) is 0 Å². The standard InChI is InChI=1S/C7H10BNO3/c1-2-12-7-5-6(8(10)11)3-4-9-7/h3-5,10-11H,2H2,1H3. The first-order valence-electron chi connectivity index (χ1n) is 3.69. The summed E-state index contributed by atoms with van der Waals surface area (Å²) >= 11 is 0. The fourth-order valence-electron chi connectivity index (χ4n) is 0.812. The zero-order valence-corrected chi connectivity index (χ0v) is 6.77. The normalized spacial score (nSPS) is 9.58. The second kappa shape index (κ2) is 4.08. The molecule has 0 aliphatic heterocycles. The number of rotatable bonds is 3. The van der Waals surface area contributed by atoms with Gasteiger partial charge in [0.15, 0.2) is 0 Å². The van der Waals surface area contributed by atoms with Crippen LogP contribution in [-0.4, -0.2) is 28.8 Å². The third-order valence-electron chi connectivity index (χ3n) is 1.35. The van der Waals surface area contributed by atoms with Crippen LogP contribution in [0.1, 0.15) is 6.92 Å². The van der Waals surface area contributed by atoms with Crippen molar-refractivity contribution in [3.63, 3.8) is 0 Å². The van der Waals surface area contributed by atoms with Crippen LogP contribution in [0.3, 0.4) is 0 Å². The first-order chi connectivity index (χ1) is 5.74. The SMILES string of the molecule is CCOc1cc(B(O)O)ccn1. The molecule has 1 rings (SSSR count). The van der Waals surface area contributed by atoms with E-state index in [2.05, 4.69) is 4.98 Å². The van der Waals surface area contributed by atoms with Crippen LogP contribution in [0.25, 0.3) is 0 Å². The molecule has 1 heterocycles. The Balaban J connectivity index is 2.81. The Hall–Kier alpha value is -1.07.